The van der Waals surface area contributed by atoms with Crippen LogP contribution in [0.25, 0.3) is 16.7 Å². The van der Waals surface area contributed by atoms with Gasteiger partial charge in [0.05, 0.1) is 28.9 Å². The lowest BCUT2D eigenvalue weighted by Gasteiger charge is -2.06. The fourth-order valence-corrected chi connectivity index (χ4v) is 3.24. The van der Waals surface area contributed by atoms with Gasteiger partial charge in [0.15, 0.2) is 0 Å². The SMILES string of the molecule is COc1ccc(-n2cnc3cc(N=Cc4ccc(Cl)cc4Cl)ccc32)cc1. The van der Waals surface area contributed by atoms with Crippen LogP contribution < -0.4 is 4.74 Å². The quantitative estimate of drug-likeness (QED) is 0.392. The van der Waals surface area contributed by atoms with Crippen LogP contribution in [0, 0.1) is 0 Å². The normalized spacial score (nSPS) is 11.4. The Morgan fingerprint density at radius 2 is 1.81 bits per heavy atom. The van der Waals surface area contributed by atoms with Crippen LogP contribution in [-0.4, -0.2) is 22.9 Å². The van der Waals surface area contributed by atoms with Crippen LogP contribution in [0.2, 0.25) is 10.0 Å². The van der Waals surface area contributed by atoms with E-state index in [0.29, 0.717) is 10.0 Å². The zero-order valence-corrected chi connectivity index (χ0v) is 15.9. The third kappa shape index (κ3) is 3.68. The van der Waals surface area contributed by atoms with E-state index in [9.17, 15) is 0 Å². The maximum atomic E-state index is 6.18. The summed E-state index contributed by atoms with van der Waals surface area (Å²) in [5.74, 6) is 0.820. The molecule has 27 heavy (non-hydrogen) atoms. The molecule has 0 amide bonds. The van der Waals surface area contributed by atoms with Gasteiger partial charge < -0.3 is 4.74 Å². The molecule has 0 bridgehead atoms. The molecule has 0 radical (unpaired) electrons. The highest BCUT2D eigenvalue weighted by molar-refractivity contribution is 6.36. The molecule has 6 heteroatoms. The van der Waals surface area contributed by atoms with E-state index < -0.39 is 0 Å². The Kier molecular flexibility index (Phi) is 4.84. The van der Waals surface area contributed by atoms with Gasteiger partial charge in [0.25, 0.3) is 0 Å². The Bertz CT molecular complexity index is 1130. The molecule has 1 heterocycles. The van der Waals surface area contributed by atoms with Crippen LogP contribution in [0.4, 0.5) is 5.69 Å². The van der Waals surface area contributed by atoms with Crippen molar-refractivity contribution in [3.8, 4) is 11.4 Å². The predicted octanol–water partition coefficient (Wildman–Crippen LogP) is 6.09. The van der Waals surface area contributed by atoms with Gasteiger partial charge in [0, 0.05) is 22.5 Å². The van der Waals surface area contributed by atoms with Gasteiger partial charge in [-0.1, -0.05) is 29.3 Å². The van der Waals surface area contributed by atoms with Gasteiger partial charge in [0.1, 0.15) is 12.1 Å². The predicted molar refractivity (Wildman–Crippen MR) is 111 cm³/mol. The molecule has 1 aromatic heterocycles. The van der Waals surface area contributed by atoms with Gasteiger partial charge in [-0.2, -0.15) is 0 Å². The summed E-state index contributed by atoms with van der Waals surface area (Å²) >= 11 is 12.1. The zero-order chi connectivity index (χ0) is 18.8. The van der Waals surface area contributed by atoms with E-state index in [4.69, 9.17) is 27.9 Å². The molecule has 0 spiro atoms. The Morgan fingerprint density at radius 1 is 1.00 bits per heavy atom. The van der Waals surface area contributed by atoms with Crippen molar-refractivity contribution in [3.63, 3.8) is 0 Å². The lowest BCUT2D eigenvalue weighted by Crippen LogP contribution is -1.92. The number of hydrogen-bond acceptors (Lipinski definition) is 3. The first-order chi connectivity index (χ1) is 13.1. The highest BCUT2D eigenvalue weighted by atomic mass is 35.5. The van der Waals surface area contributed by atoms with Crippen molar-refractivity contribution in [1.82, 2.24) is 9.55 Å². The van der Waals surface area contributed by atoms with Gasteiger partial charge in [-0.15, -0.1) is 0 Å². The van der Waals surface area contributed by atoms with Crippen LogP contribution in [0.1, 0.15) is 5.56 Å². The first-order valence-electron chi connectivity index (χ1n) is 8.25. The topological polar surface area (TPSA) is 39.4 Å². The summed E-state index contributed by atoms with van der Waals surface area (Å²) in [7, 11) is 1.65. The second-order valence-corrected chi connectivity index (χ2v) is 6.75. The molecule has 134 valence electrons. The molecule has 4 nitrogen and oxygen atoms in total. The number of halogens is 2. The lowest BCUT2D eigenvalue weighted by molar-refractivity contribution is 0.415. The van der Waals surface area contributed by atoms with Crippen molar-refractivity contribution in [2.75, 3.05) is 7.11 Å². The van der Waals surface area contributed by atoms with Crippen LogP contribution in [0.3, 0.4) is 0 Å². The fourth-order valence-electron chi connectivity index (χ4n) is 2.78. The molecule has 4 rings (SSSR count). The third-order valence-corrected chi connectivity index (χ3v) is 4.76. The number of benzene rings is 3. The summed E-state index contributed by atoms with van der Waals surface area (Å²) in [4.78, 5) is 9.00. The summed E-state index contributed by atoms with van der Waals surface area (Å²) in [5.41, 5.74) is 4.49. The highest BCUT2D eigenvalue weighted by Gasteiger charge is 2.06. The number of fused-ring (bicyclic) bond motifs is 1. The van der Waals surface area contributed by atoms with E-state index in [2.05, 4.69) is 9.98 Å². The van der Waals surface area contributed by atoms with Gasteiger partial charge in [-0.25, -0.2) is 4.98 Å². The summed E-state index contributed by atoms with van der Waals surface area (Å²) < 4.78 is 7.24. The molecule has 4 aromatic rings. The summed E-state index contributed by atoms with van der Waals surface area (Å²) in [6.07, 6.45) is 3.52. The standard InChI is InChI=1S/C21H15Cl2N3O/c1-27-18-7-5-17(6-8-18)26-13-25-20-11-16(4-9-21(20)26)24-12-14-2-3-15(22)10-19(14)23/h2-13H,1H3. The molecule has 0 fully saturated rings. The second kappa shape index (κ2) is 7.43. The van der Waals surface area contributed by atoms with Crippen LogP contribution in [-0.2, 0) is 0 Å². The molecule has 0 saturated carbocycles. The van der Waals surface area contributed by atoms with Crippen molar-refractivity contribution >= 4 is 46.1 Å². The molecule has 0 N–H and O–H groups in total. The van der Waals surface area contributed by atoms with Crippen LogP contribution in [0.15, 0.2) is 72.0 Å². The number of methoxy groups -OCH3 is 1. The number of nitrogens with zero attached hydrogens (tertiary/aromatic N) is 3. The molecular weight excluding hydrogens is 381 g/mol. The summed E-state index contributed by atoms with van der Waals surface area (Å²) in [6, 6.07) is 19.1. The minimum atomic E-state index is 0.566. The van der Waals surface area contributed by atoms with Gasteiger partial charge in [-0.3, -0.25) is 9.56 Å². The van der Waals surface area contributed by atoms with Crippen LogP contribution in [0.5, 0.6) is 5.75 Å². The van der Waals surface area contributed by atoms with Crippen molar-refractivity contribution < 1.29 is 4.74 Å². The number of ether oxygens (including phenoxy) is 1. The van der Waals surface area contributed by atoms with Crippen molar-refractivity contribution in [1.29, 1.82) is 0 Å². The Balaban J connectivity index is 1.64. The number of aliphatic imine (C=N–C) groups is 1. The Morgan fingerprint density at radius 3 is 2.56 bits per heavy atom. The van der Waals surface area contributed by atoms with Gasteiger partial charge >= 0.3 is 0 Å². The van der Waals surface area contributed by atoms with Crippen LogP contribution >= 0.6 is 23.2 Å². The van der Waals surface area contributed by atoms with E-state index in [1.54, 1.807) is 31.8 Å². The fraction of sp³-hybridized carbons (Fsp3) is 0.0476. The van der Waals surface area contributed by atoms with E-state index >= 15 is 0 Å². The maximum Gasteiger partial charge on any atom is 0.119 e. The number of hydrogen-bond donors (Lipinski definition) is 0. The summed E-state index contributed by atoms with van der Waals surface area (Å²) in [5, 5.41) is 1.17. The molecule has 3 aromatic carbocycles. The number of aromatic nitrogens is 2. The van der Waals surface area contributed by atoms with E-state index in [1.807, 2.05) is 53.1 Å². The van der Waals surface area contributed by atoms with Crippen molar-refractivity contribution in [2.45, 2.75) is 0 Å². The molecule has 0 unspecified atom stereocenters. The van der Waals surface area contributed by atoms with Crippen molar-refractivity contribution in [3.05, 3.63) is 82.6 Å². The molecule has 0 saturated heterocycles. The van der Waals surface area contributed by atoms with Gasteiger partial charge in [-0.05, 0) is 54.6 Å². The van der Waals surface area contributed by atoms with Crippen molar-refractivity contribution in [2.24, 2.45) is 4.99 Å². The average molecular weight is 396 g/mol. The largest absolute Gasteiger partial charge is 0.497 e. The lowest BCUT2D eigenvalue weighted by atomic mass is 10.2. The maximum absolute atomic E-state index is 6.18. The Hall–Kier alpha value is -2.82. The monoisotopic (exact) mass is 395 g/mol. The second-order valence-electron chi connectivity index (χ2n) is 5.91. The molecule has 0 aliphatic rings. The minimum absolute atomic E-state index is 0.566. The Labute approximate surface area is 166 Å². The highest BCUT2D eigenvalue weighted by Crippen LogP contribution is 2.25. The first kappa shape index (κ1) is 17.6. The summed E-state index contributed by atoms with van der Waals surface area (Å²) in [6.45, 7) is 0. The minimum Gasteiger partial charge on any atom is -0.497 e. The third-order valence-electron chi connectivity index (χ3n) is 4.20. The number of imidazole rings is 1. The first-order valence-corrected chi connectivity index (χ1v) is 9.00. The van der Waals surface area contributed by atoms with E-state index in [1.165, 1.54) is 0 Å². The van der Waals surface area contributed by atoms with Gasteiger partial charge in [0.2, 0.25) is 0 Å². The van der Waals surface area contributed by atoms with E-state index in [-0.39, 0.29) is 0 Å². The molecule has 0 aliphatic carbocycles. The zero-order valence-electron chi connectivity index (χ0n) is 14.4. The van der Waals surface area contributed by atoms with E-state index in [0.717, 1.165) is 33.7 Å². The molecular formula is C21H15Cl2N3O. The number of rotatable bonds is 4. The molecule has 0 aliphatic heterocycles. The smallest absolute Gasteiger partial charge is 0.119 e. The average Bonchev–Trinajstić information content (AvgIpc) is 3.10. The molecule has 0 atom stereocenters.